The summed E-state index contributed by atoms with van der Waals surface area (Å²) < 4.78 is 1.27. The Morgan fingerprint density at radius 1 is 1.03 bits per heavy atom. The number of nitrogens with one attached hydrogen (secondary N) is 1. The average Bonchev–Trinajstić information content (AvgIpc) is 3.37. The van der Waals surface area contributed by atoms with Gasteiger partial charge < -0.3 is 20.0 Å². The Bertz CT molecular complexity index is 903. The van der Waals surface area contributed by atoms with Gasteiger partial charge in [-0.1, -0.05) is 6.42 Å². The molecule has 6 nitrogen and oxygen atoms in total. The first-order valence-corrected chi connectivity index (χ1v) is 14.0. The zero-order valence-electron chi connectivity index (χ0n) is 19.9. The monoisotopic (exact) mass is 469 g/mol. The lowest BCUT2D eigenvalue weighted by Crippen LogP contribution is -2.47. The first kappa shape index (κ1) is 23.1. The van der Waals surface area contributed by atoms with Gasteiger partial charge >= 0.3 is 0 Å². The fourth-order valence-electron chi connectivity index (χ4n) is 5.97. The summed E-state index contributed by atoms with van der Waals surface area (Å²) in [5.74, 6) is 1.33. The van der Waals surface area contributed by atoms with Crippen LogP contribution in [0.4, 0.5) is 5.82 Å². The van der Waals surface area contributed by atoms with Crippen LogP contribution in [-0.2, 0) is 4.79 Å². The Balaban J connectivity index is 1.02. The van der Waals surface area contributed by atoms with Crippen molar-refractivity contribution < 1.29 is 4.79 Å². The Morgan fingerprint density at radius 3 is 2.73 bits per heavy atom. The van der Waals surface area contributed by atoms with Crippen LogP contribution < -0.4 is 10.2 Å². The number of aromatic nitrogens is 1. The zero-order chi connectivity index (χ0) is 22.5. The highest BCUT2D eigenvalue weighted by molar-refractivity contribution is 7.17. The molecule has 2 aromatic heterocycles. The van der Waals surface area contributed by atoms with Crippen molar-refractivity contribution in [1.29, 1.82) is 0 Å². The van der Waals surface area contributed by atoms with Gasteiger partial charge in [-0.25, -0.2) is 4.98 Å². The van der Waals surface area contributed by atoms with Crippen LogP contribution in [0.2, 0.25) is 0 Å². The molecule has 0 bridgehead atoms. The average molecular weight is 470 g/mol. The van der Waals surface area contributed by atoms with Crippen molar-refractivity contribution in [3.8, 4) is 0 Å². The molecule has 0 aliphatic carbocycles. The van der Waals surface area contributed by atoms with Crippen LogP contribution in [0.25, 0.3) is 10.1 Å². The van der Waals surface area contributed by atoms with E-state index in [1.54, 1.807) is 11.3 Å². The van der Waals surface area contributed by atoms with Crippen LogP contribution in [0.15, 0.2) is 23.7 Å². The van der Waals surface area contributed by atoms with E-state index in [2.05, 4.69) is 42.5 Å². The Hall–Kier alpha value is -1.70. The molecule has 33 heavy (non-hydrogen) atoms. The molecule has 3 aliphatic rings. The standard InChI is InChI=1S/C26H39N5OS/c32-26(21-6-4-16-31(20-21)25-23-10-19-33-24(23)7-12-27-25)28-11-5-13-29-17-8-22(9-18-29)30-14-2-1-3-15-30/h7,10,12,19,21-22H,1-6,8-9,11,13-18,20H2,(H,28,32)/t21-/m0/s1. The quantitative estimate of drug-likeness (QED) is 0.622. The number of anilines is 1. The molecule has 2 aromatic rings. The Morgan fingerprint density at radius 2 is 1.88 bits per heavy atom. The van der Waals surface area contributed by atoms with Gasteiger partial charge in [0.15, 0.2) is 0 Å². The molecular weight excluding hydrogens is 430 g/mol. The Labute approximate surface area is 202 Å². The van der Waals surface area contributed by atoms with Crippen LogP contribution >= 0.6 is 11.3 Å². The lowest BCUT2D eigenvalue weighted by atomic mass is 9.97. The molecule has 5 heterocycles. The second kappa shape index (κ2) is 11.2. The predicted octanol–water partition coefficient (Wildman–Crippen LogP) is 3.97. The number of pyridine rings is 1. The van der Waals surface area contributed by atoms with Crippen molar-refractivity contribution in [1.82, 2.24) is 20.1 Å². The third-order valence-electron chi connectivity index (χ3n) is 7.87. The summed E-state index contributed by atoms with van der Waals surface area (Å²) in [5, 5.41) is 6.58. The molecule has 3 aliphatic heterocycles. The first-order chi connectivity index (χ1) is 16.3. The number of amides is 1. The van der Waals surface area contributed by atoms with E-state index in [9.17, 15) is 4.79 Å². The van der Waals surface area contributed by atoms with E-state index in [4.69, 9.17) is 0 Å². The number of likely N-dealkylation sites (tertiary alicyclic amines) is 2. The molecule has 0 aromatic carbocycles. The molecule has 0 spiro atoms. The van der Waals surface area contributed by atoms with E-state index in [1.807, 2.05) is 6.20 Å². The van der Waals surface area contributed by atoms with Crippen LogP contribution in [0.1, 0.15) is 51.4 Å². The van der Waals surface area contributed by atoms with Crippen LogP contribution in [0, 0.1) is 5.92 Å². The molecular formula is C26H39N5OS. The fraction of sp³-hybridized carbons (Fsp3) is 0.692. The molecule has 1 amide bonds. The highest BCUT2D eigenvalue weighted by atomic mass is 32.1. The SMILES string of the molecule is O=C(NCCCN1CCC(N2CCCCC2)CC1)[C@H]1CCCN(c2nccc3sccc23)C1. The lowest BCUT2D eigenvalue weighted by molar-refractivity contribution is -0.125. The van der Waals surface area contributed by atoms with Crippen molar-refractivity contribution in [2.24, 2.45) is 5.92 Å². The van der Waals surface area contributed by atoms with Crippen LogP contribution in [0.3, 0.4) is 0 Å². The third kappa shape index (κ3) is 5.69. The van der Waals surface area contributed by atoms with Crippen molar-refractivity contribution >= 4 is 33.1 Å². The smallest absolute Gasteiger partial charge is 0.224 e. The number of piperidine rings is 3. The van der Waals surface area contributed by atoms with Gasteiger partial charge in [0.25, 0.3) is 0 Å². The van der Waals surface area contributed by atoms with E-state index in [0.29, 0.717) is 0 Å². The summed E-state index contributed by atoms with van der Waals surface area (Å²) in [6, 6.07) is 5.04. The highest BCUT2D eigenvalue weighted by Gasteiger charge is 2.28. The van der Waals surface area contributed by atoms with Crippen LogP contribution in [-0.4, -0.2) is 79.1 Å². The first-order valence-electron chi connectivity index (χ1n) is 13.1. The summed E-state index contributed by atoms with van der Waals surface area (Å²) in [6.45, 7) is 8.72. The van der Waals surface area contributed by atoms with Gasteiger partial charge in [0.05, 0.1) is 5.92 Å². The van der Waals surface area contributed by atoms with Gasteiger partial charge in [-0.05, 0) is 95.2 Å². The number of carbonyl (C=O) groups excluding carboxylic acids is 1. The molecule has 0 unspecified atom stereocenters. The maximum Gasteiger partial charge on any atom is 0.224 e. The summed E-state index contributed by atoms with van der Waals surface area (Å²) in [7, 11) is 0. The number of thiophene rings is 1. The zero-order valence-corrected chi connectivity index (χ0v) is 20.7. The second-order valence-electron chi connectivity index (χ2n) is 10.1. The minimum atomic E-state index is 0.0646. The van der Waals surface area contributed by atoms with Gasteiger partial charge in [0.2, 0.25) is 5.91 Å². The van der Waals surface area contributed by atoms with Crippen LogP contribution in [0.5, 0.6) is 0 Å². The lowest BCUT2D eigenvalue weighted by Gasteiger charge is -2.40. The van der Waals surface area contributed by atoms with Crippen molar-refractivity contribution in [2.45, 2.75) is 57.4 Å². The topological polar surface area (TPSA) is 51.7 Å². The number of hydrogen-bond donors (Lipinski definition) is 1. The Kier molecular flexibility index (Phi) is 7.79. The van der Waals surface area contributed by atoms with E-state index in [0.717, 1.165) is 57.3 Å². The van der Waals surface area contributed by atoms with E-state index in [-0.39, 0.29) is 11.8 Å². The van der Waals surface area contributed by atoms with Crippen molar-refractivity contribution in [2.75, 3.05) is 57.3 Å². The summed E-state index contributed by atoms with van der Waals surface area (Å²) >= 11 is 1.75. The van der Waals surface area contributed by atoms with E-state index in [1.165, 1.54) is 68.4 Å². The van der Waals surface area contributed by atoms with Gasteiger partial charge in [-0.2, -0.15) is 0 Å². The number of rotatable bonds is 7. The normalized spacial score (nSPS) is 23.8. The maximum absolute atomic E-state index is 12.9. The maximum atomic E-state index is 12.9. The minimum Gasteiger partial charge on any atom is -0.356 e. The number of nitrogens with zero attached hydrogens (tertiary/aromatic N) is 4. The minimum absolute atomic E-state index is 0.0646. The molecule has 0 saturated carbocycles. The van der Waals surface area contributed by atoms with Gasteiger partial charge in [0.1, 0.15) is 5.82 Å². The summed E-state index contributed by atoms with van der Waals surface area (Å²) in [5.41, 5.74) is 0. The van der Waals surface area contributed by atoms with E-state index < -0.39 is 0 Å². The number of fused-ring (bicyclic) bond motifs is 1. The van der Waals surface area contributed by atoms with Gasteiger partial charge in [-0.15, -0.1) is 11.3 Å². The summed E-state index contributed by atoms with van der Waals surface area (Å²) in [4.78, 5) is 25.2. The third-order valence-corrected chi connectivity index (χ3v) is 8.75. The molecule has 7 heteroatoms. The number of hydrogen-bond acceptors (Lipinski definition) is 6. The van der Waals surface area contributed by atoms with Gasteiger partial charge in [0, 0.05) is 42.0 Å². The molecule has 0 radical (unpaired) electrons. The largest absolute Gasteiger partial charge is 0.356 e. The second-order valence-corrected chi connectivity index (χ2v) is 11.0. The predicted molar refractivity (Wildman–Crippen MR) is 137 cm³/mol. The molecule has 180 valence electrons. The molecule has 1 N–H and O–H groups in total. The van der Waals surface area contributed by atoms with Crippen molar-refractivity contribution in [3.05, 3.63) is 23.7 Å². The van der Waals surface area contributed by atoms with E-state index >= 15 is 0 Å². The van der Waals surface area contributed by atoms with Crippen molar-refractivity contribution in [3.63, 3.8) is 0 Å². The molecule has 5 rings (SSSR count). The number of carbonyl (C=O) groups is 1. The molecule has 3 saturated heterocycles. The summed E-state index contributed by atoms with van der Waals surface area (Å²) in [6.07, 6.45) is 11.8. The fourth-order valence-corrected chi connectivity index (χ4v) is 6.74. The molecule has 3 fully saturated rings. The highest BCUT2D eigenvalue weighted by Crippen LogP contribution is 2.31. The van der Waals surface area contributed by atoms with Gasteiger partial charge in [-0.3, -0.25) is 4.79 Å². The molecule has 1 atom stereocenters.